The smallest absolute Gasteiger partial charge is 0.161 e. The van der Waals surface area contributed by atoms with Crippen molar-refractivity contribution in [2.24, 2.45) is 0 Å². The summed E-state index contributed by atoms with van der Waals surface area (Å²) >= 11 is 1.77. The Labute approximate surface area is 105 Å². The van der Waals surface area contributed by atoms with E-state index in [1.807, 2.05) is 29.1 Å². The Hall–Kier alpha value is -1.43. The molecule has 0 unspecified atom stereocenters. The van der Waals surface area contributed by atoms with Crippen LogP contribution in [-0.4, -0.2) is 25.2 Å². The van der Waals surface area contributed by atoms with Crippen molar-refractivity contribution in [3.05, 3.63) is 35.9 Å². The lowest BCUT2D eigenvalue weighted by atomic mass is 10.4. The Morgan fingerprint density at radius 1 is 1.29 bits per heavy atom. The summed E-state index contributed by atoms with van der Waals surface area (Å²) in [6.45, 7) is 4.15. The van der Waals surface area contributed by atoms with Crippen LogP contribution >= 0.6 is 11.8 Å². The molecule has 6 heteroatoms. The normalized spacial score (nSPS) is 11.0. The molecule has 5 nitrogen and oxygen atoms in total. The van der Waals surface area contributed by atoms with E-state index in [2.05, 4.69) is 34.4 Å². The van der Waals surface area contributed by atoms with E-state index < -0.39 is 0 Å². The van der Waals surface area contributed by atoms with Crippen molar-refractivity contribution < 1.29 is 0 Å². The van der Waals surface area contributed by atoms with Gasteiger partial charge in [0.2, 0.25) is 0 Å². The predicted octanol–water partition coefficient (Wildman–Crippen LogP) is 2.08. The second kappa shape index (κ2) is 5.77. The third-order valence-corrected chi connectivity index (χ3v) is 3.22. The number of hydrogen-bond donors (Lipinski definition) is 0. The van der Waals surface area contributed by atoms with Gasteiger partial charge in [-0.05, 0) is 36.4 Å². The Morgan fingerprint density at radius 3 is 2.88 bits per heavy atom. The summed E-state index contributed by atoms with van der Waals surface area (Å²) < 4.78 is 1.85. The molecule has 2 aromatic rings. The molecule has 0 aliphatic heterocycles. The van der Waals surface area contributed by atoms with E-state index in [4.69, 9.17) is 0 Å². The highest BCUT2D eigenvalue weighted by molar-refractivity contribution is 7.97. The van der Waals surface area contributed by atoms with Crippen molar-refractivity contribution >= 4 is 11.8 Å². The van der Waals surface area contributed by atoms with E-state index >= 15 is 0 Å². The number of hydrogen-bond acceptors (Lipinski definition) is 5. The number of tetrazole rings is 1. The van der Waals surface area contributed by atoms with Gasteiger partial charge in [-0.15, -0.1) is 16.9 Å². The Kier molecular flexibility index (Phi) is 4.08. The summed E-state index contributed by atoms with van der Waals surface area (Å²) in [4.78, 5) is 4.28. The van der Waals surface area contributed by atoms with E-state index in [1.165, 1.54) is 0 Å². The molecule has 17 heavy (non-hydrogen) atoms. The maximum Gasteiger partial charge on any atom is 0.161 e. The van der Waals surface area contributed by atoms with Gasteiger partial charge in [0.15, 0.2) is 5.82 Å². The zero-order valence-electron chi connectivity index (χ0n) is 9.95. The molecule has 0 aliphatic carbocycles. The molecule has 0 fully saturated rings. The molecule has 0 aromatic carbocycles. The lowest BCUT2D eigenvalue weighted by molar-refractivity contribution is 0.501. The molecule has 0 amide bonds. The van der Waals surface area contributed by atoms with E-state index in [1.54, 1.807) is 11.8 Å². The fraction of sp³-hybridized carbons (Fsp3) is 0.455. The van der Waals surface area contributed by atoms with Gasteiger partial charge in [0, 0.05) is 11.9 Å². The van der Waals surface area contributed by atoms with Gasteiger partial charge in [0.1, 0.15) is 0 Å². The van der Waals surface area contributed by atoms with Crippen molar-refractivity contribution in [1.29, 1.82) is 0 Å². The van der Waals surface area contributed by atoms with Crippen molar-refractivity contribution in [2.75, 3.05) is 0 Å². The van der Waals surface area contributed by atoms with Gasteiger partial charge >= 0.3 is 0 Å². The molecule has 0 bridgehead atoms. The molecule has 2 rings (SSSR count). The summed E-state index contributed by atoms with van der Waals surface area (Å²) in [6, 6.07) is 6.25. The van der Waals surface area contributed by atoms with Crippen LogP contribution in [0.25, 0.3) is 0 Å². The summed E-state index contributed by atoms with van der Waals surface area (Å²) in [6.07, 6.45) is 1.81. The zero-order valence-corrected chi connectivity index (χ0v) is 10.8. The summed E-state index contributed by atoms with van der Waals surface area (Å²) in [5, 5.41) is 11.7. The van der Waals surface area contributed by atoms with E-state index in [0.29, 0.717) is 6.04 Å². The molecule has 0 aliphatic rings. The summed E-state index contributed by atoms with van der Waals surface area (Å²) in [7, 11) is 0. The maximum atomic E-state index is 4.28. The van der Waals surface area contributed by atoms with Gasteiger partial charge in [-0.1, -0.05) is 6.07 Å². The SMILES string of the molecule is CC(C)n1nnnc1CSCc1ccccn1. The van der Waals surface area contributed by atoms with Crippen LogP contribution in [0.1, 0.15) is 31.4 Å². The third kappa shape index (κ3) is 3.26. The number of nitrogens with zero attached hydrogens (tertiary/aromatic N) is 5. The van der Waals surface area contributed by atoms with Gasteiger partial charge < -0.3 is 0 Å². The zero-order chi connectivity index (χ0) is 12.1. The second-order valence-electron chi connectivity index (χ2n) is 3.95. The van der Waals surface area contributed by atoms with Crippen LogP contribution in [0.5, 0.6) is 0 Å². The van der Waals surface area contributed by atoms with Crippen LogP contribution in [0.15, 0.2) is 24.4 Å². The van der Waals surface area contributed by atoms with Crippen LogP contribution in [0.4, 0.5) is 0 Å². The molecule has 0 radical (unpaired) electrons. The molecule has 0 saturated heterocycles. The van der Waals surface area contributed by atoms with Crippen LogP contribution < -0.4 is 0 Å². The second-order valence-corrected chi connectivity index (χ2v) is 4.93. The molecule has 0 spiro atoms. The minimum absolute atomic E-state index is 0.301. The summed E-state index contributed by atoms with van der Waals surface area (Å²) in [5.41, 5.74) is 1.08. The van der Waals surface area contributed by atoms with Gasteiger partial charge in [0.05, 0.1) is 17.5 Å². The van der Waals surface area contributed by atoms with Crippen LogP contribution in [0, 0.1) is 0 Å². The number of aromatic nitrogens is 5. The number of thioether (sulfide) groups is 1. The highest BCUT2D eigenvalue weighted by Crippen LogP contribution is 2.16. The lowest BCUT2D eigenvalue weighted by Gasteiger charge is -2.07. The Balaban J connectivity index is 1.88. The van der Waals surface area contributed by atoms with E-state index in [-0.39, 0.29) is 0 Å². The average Bonchev–Trinajstić information content (AvgIpc) is 2.79. The fourth-order valence-electron chi connectivity index (χ4n) is 1.44. The van der Waals surface area contributed by atoms with Crippen LogP contribution in [-0.2, 0) is 11.5 Å². The maximum absolute atomic E-state index is 4.28. The molecule has 2 heterocycles. The first-order valence-corrected chi connectivity index (χ1v) is 6.67. The molecule has 90 valence electrons. The average molecular weight is 249 g/mol. The van der Waals surface area contributed by atoms with Crippen LogP contribution in [0.2, 0.25) is 0 Å². The first-order chi connectivity index (χ1) is 8.27. The molecule has 0 saturated carbocycles. The molecule has 2 aromatic heterocycles. The molecular weight excluding hydrogens is 234 g/mol. The van der Waals surface area contributed by atoms with Crippen LogP contribution in [0.3, 0.4) is 0 Å². The monoisotopic (exact) mass is 249 g/mol. The van der Waals surface area contributed by atoms with Crippen molar-refractivity contribution in [3.8, 4) is 0 Å². The van der Waals surface area contributed by atoms with E-state index in [9.17, 15) is 0 Å². The largest absolute Gasteiger partial charge is 0.260 e. The van der Waals surface area contributed by atoms with Gasteiger partial charge in [-0.3, -0.25) is 4.98 Å². The molecule has 0 N–H and O–H groups in total. The first kappa shape index (κ1) is 12.0. The van der Waals surface area contributed by atoms with Gasteiger partial charge in [-0.25, -0.2) is 4.68 Å². The summed E-state index contributed by atoms with van der Waals surface area (Å²) in [5.74, 6) is 2.61. The molecule has 0 atom stereocenters. The minimum atomic E-state index is 0.301. The van der Waals surface area contributed by atoms with Gasteiger partial charge in [0.25, 0.3) is 0 Å². The van der Waals surface area contributed by atoms with E-state index in [0.717, 1.165) is 23.0 Å². The fourth-order valence-corrected chi connectivity index (χ4v) is 2.29. The van der Waals surface area contributed by atoms with Crippen molar-refractivity contribution in [2.45, 2.75) is 31.4 Å². The lowest BCUT2D eigenvalue weighted by Crippen LogP contribution is -2.07. The number of pyridine rings is 1. The topological polar surface area (TPSA) is 56.5 Å². The Bertz CT molecular complexity index is 454. The molecular formula is C11H15N5S. The quantitative estimate of drug-likeness (QED) is 0.812. The third-order valence-electron chi connectivity index (χ3n) is 2.26. The number of rotatable bonds is 5. The first-order valence-electron chi connectivity index (χ1n) is 5.52. The highest BCUT2D eigenvalue weighted by atomic mass is 32.2. The van der Waals surface area contributed by atoms with Crippen molar-refractivity contribution in [1.82, 2.24) is 25.2 Å². The standard InChI is InChI=1S/C11H15N5S/c1-9(2)16-11(13-14-15-16)8-17-7-10-5-3-4-6-12-10/h3-6,9H,7-8H2,1-2H3. The van der Waals surface area contributed by atoms with Gasteiger partial charge in [-0.2, -0.15) is 0 Å². The minimum Gasteiger partial charge on any atom is -0.260 e. The van der Waals surface area contributed by atoms with Crippen molar-refractivity contribution in [3.63, 3.8) is 0 Å². The predicted molar refractivity (Wildman–Crippen MR) is 67.4 cm³/mol. The highest BCUT2D eigenvalue weighted by Gasteiger charge is 2.08. The Morgan fingerprint density at radius 2 is 2.18 bits per heavy atom.